The molecule has 0 aromatic heterocycles. The molecule has 0 radical (unpaired) electrons. The van der Waals surface area contributed by atoms with Gasteiger partial charge in [0.15, 0.2) is 0 Å². The standard InChI is InChI=1S/C4H10N2.C2H6O4S/c1-2-6-4-3-5-1;1-2-6-7(3,4)5/h5-6H,1-4H2;2H2,1H3,(H,3,4,5). The molecule has 0 spiro atoms. The maximum Gasteiger partial charge on any atom is 0.397 e. The molecule has 13 heavy (non-hydrogen) atoms. The Bertz CT molecular complexity index is 189. The average Bonchev–Trinajstić information content (AvgIpc) is 2.06. The lowest BCUT2D eigenvalue weighted by molar-refractivity contribution is 0.283. The fourth-order valence-corrected chi connectivity index (χ4v) is 1.05. The second-order valence-corrected chi connectivity index (χ2v) is 3.43. The molecule has 1 rings (SSSR count). The van der Waals surface area contributed by atoms with Crippen LogP contribution in [0.2, 0.25) is 0 Å². The fourth-order valence-electron chi connectivity index (χ4n) is 0.752. The molecule has 0 aliphatic carbocycles. The first-order valence-electron chi connectivity index (χ1n) is 4.09. The number of hydrogen-bond donors (Lipinski definition) is 3. The van der Waals surface area contributed by atoms with Gasteiger partial charge in [-0.1, -0.05) is 0 Å². The normalized spacial score (nSPS) is 17.4. The van der Waals surface area contributed by atoms with E-state index in [-0.39, 0.29) is 6.61 Å². The zero-order valence-corrected chi connectivity index (χ0v) is 8.43. The quantitative estimate of drug-likeness (QED) is 0.509. The molecular weight excluding hydrogens is 196 g/mol. The molecule has 6 nitrogen and oxygen atoms in total. The van der Waals surface area contributed by atoms with E-state index in [1.54, 1.807) is 0 Å². The number of piperazine rings is 1. The maximum absolute atomic E-state index is 9.56. The first kappa shape index (κ1) is 12.8. The van der Waals surface area contributed by atoms with Gasteiger partial charge >= 0.3 is 10.4 Å². The molecule has 1 aliphatic heterocycles. The van der Waals surface area contributed by atoms with Crippen LogP contribution in [-0.2, 0) is 14.6 Å². The minimum Gasteiger partial charge on any atom is -0.314 e. The van der Waals surface area contributed by atoms with Gasteiger partial charge in [0.2, 0.25) is 0 Å². The maximum atomic E-state index is 9.56. The van der Waals surface area contributed by atoms with Crippen molar-refractivity contribution in [3.63, 3.8) is 0 Å². The van der Waals surface area contributed by atoms with Crippen LogP contribution in [0.5, 0.6) is 0 Å². The topological polar surface area (TPSA) is 87.7 Å². The van der Waals surface area contributed by atoms with E-state index in [1.165, 1.54) is 6.92 Å². The molecule has 0 aromatic rings. The summed E-state index contributed by atoms with van der Waals surface area (Å²) < 4.78 is 30.7. The van der Waals surface area contributed by atoms with Crippen LogP contribution in [-0.4, -0.2) is 45.8 Å². The fraction of sp³-hybridized carbons (Fsp3) is 1.00. The van der Waals surface area contributed by atoms with Crippen molar-refractivity contribution in [2.24, 2.45) is 0 Å². The average molecular weight is 212 g/mol. The van der Waals surface area contributed by atoms with Gasteiger partial charge in [0.1, 0.15) is 0 Å². The number of rotatable bonds is 2. The zero-order chi connectivity index (χ0) is 10.2. The van der Waals surface area contributed by atoms with Crippen molar-refractivity contribution in [3.8, 4) is 0 Å². The molecule has 0 unspecified atom stereocenters. The Morgan fingerprint density at radius 3 is 1.69 bits per heavy atom. The SMILES string of the molecule is C1CNCCN1.CCOS(=O)(=O)O. The third-order valence-corrected chi connectivity index (χ3v) is 1.76. The molecule has 0 aromatic carbocycles. The van der Waals surface area contributed by atoms with E-state index in [0.717, 1.165) is 26.2 Å². The van der Waals surface area contributed by atoms with Crippen LogP contribution in [0.3, 0.4) is 0 Å². The van der Waals surface area contributed by atoms with Gasteiger partial charge in [0, 0.05) is 26.2 Å². The van der Waals surface area contributed by atoms with Crippen LogP contribution in [0.25, 0.3) is 0 Å². The van der Waals surface area contributed by atoms with Crippen molar-refractivity contribution in [2.75, 3.05) is 32.8 Å². The molecule has 0 atom stereocenters. The summed E-state index contributed by atoms with van der Waals surface area (Å²) in [6.45, 7) is 5.99. The van der Waals surface area contributed by atoms with E-state index in [2.05, 4.69) is 14.8 Å². The van der Waals surface area contributed by atoms with Gasteiger partial charge in [-0.25, -0.2) is 4.18 Å². The second kappa shape index (κ2) is 7.22. The molecule has 0 amide bonds. The minimum atomic E-state index is -4.17. The first-order chi connectivity index (χ1) is 6.06. The van der Waals surface area contributed by atoms with Crippen LogP contribution >= 0.6 is 0 Å². The summed E-state index contributed by atoms with van der Waals surface area (Å²) in [6.07, 6.45) is 0. The van der Waals surface area contributed by atoms with Gasteiger partial charge in [0.05, 0.1) is 6.61 Å². The Morgan fingerprint density at radius 2 is 1.62 bits per heavy atom. The summed E-state index contributed by atoms with van der Waals surface area (Å²) in [5, 5.41) is 6.44. The predicted molar refractivity (Wildman–Crippen MR) is 48.9 cm³/mol. The van der Waals surface area contributed by atoms with Crippen molar-refractivity contribution in [1.82, 2.24) is 10.6 Å². The Kier molecular flexibility index (Phi) is 7.10. The first-order valence-corrected chi connectivity index (χ1v) is 5.46. The lowest BCUT2D eigenvalue weighted by atomic mass is 10.4. The van der Waals surface area contributed by atoms with E-state index in [0.29, 0.717) is 0 Å². The van der Waals surface area contributed by atoms with Crippen LogP contribution < -0.4 is 10.6 Å². The van der Waals surface area contributed by atoms with Gasteiger partial charge < -0.3 is 10.6 Å². The van der Waals surface area contributed by atoms with Crippen molar-refractivity contribution < 1.29 is 17.2 Å². The van der Waals surface area contributed by atoms with Crippen LogP contribution in [0.4, 0.5) is 0 Å². The summed E-state index contributed by atoms with van der Waals surface area (Å²) in [5.41, 5.74) is 0. The highest BCUT2D eigenvalue weighted by molar-refractivity contribution is 7.80. The summed E-state index contributed by atoms with van der Waals surface area (Å²) in [6, 6.07) is 0. The smallest absolute Gasteiger partial charge is 0.314 e. The second-order valence-electron chi connectivity index (χ2n) is 2.33. The molecule has 80 valence electrons. The highest BCUT2D eigenvalue weighted by atomic mass is 32.3. The monoisotopic (exact) mass is 212 g/mol. The molecule has 3 N–H and O–H groups in total. The van der Waals surface area contributed by atoms with Gasteiger partial charge in [-0.2, -0.15) is 8.42 Å². The van der Waals surface area contributed by atoms with Crippen LogP contribution in [0.15, 0.2) is 0 Å². The zero-order valence-electron chi connectivity index (χ0n) is 7.62. The molecule has 0 bridgehead atoms. The van der Waals surface area contributed by atoms with E-state index < -0.39 is 10.4 Å². The largest absolute Gasteiger partial charge is 0.397 e. The van der Waals surface area contributed by atoms with E-state index in [9.17, 15) is 8.42 Å². The van der Waals surface area contributed by atoms with Gasteiger partial charge in [-0.3, -0.25) is 4.55 Å². The molecule has 0 saturated carbocycles. The molecule has 1 saturated heterocycles. The lowest BCUT2D eigenvalue weighted by Gasteiger charge is -2.11. The van der Waals surface area contributed by atoms with Gasteiger partial charge in [-0.15, -0.1) is 0 Å². The van der Waals surface area contributed by atoms with E-state index in [4.69, 9.17) is 4.55 Å². The summed E-state index contributed by atoms with van der Waals surface area (Å²) in [5.74, 6) is 0. The molecule has 7 heteroatoms. The minimum absolute atomic E-state index is 0.0289. The van der Waals surface area contributed by atoms with Crippen LogP contribution in [0, 0.1) is 0 Å². The summed E-state index contributed by atoms with van der Waals surface area (Å²) in [4.78, 5) is 0. The third kappa shape index (κ3) is 11.8. The van der Waals surface area contributed by atoms with Crippen molar-refractivity contribution in [2.45, 2.75) is 6.92 Å². The molecule has 1 aliphatic rings. The highest BCUT2D eigenvalue weighted by Crippen LogP contribution is 1.81. The summed E-state index contributed by atoms with van der Waals surface area (Å²) in [7, 11) is -4.17. The Labute approximate surface area is 78.6 Å². The molecular formula is C6H16N2O4S. The van der Waals surface area contributed by atoms with E-state index in [1.807, 2.05) is 0 Å². The van der Waals surface area contributed by atoms with E-state index >= 15 is 0 Å². The van der Waals surface area contributed by atoms with Crippen molar-refractivity contribution >= 4 is 10.4 Å². The number of nitrogens with one attached hydrogen (secondary N) is 2. The Morgan fingerprint density at radius 1 is 1.23 bits per heavy atom. The third-order valence-electron chi connectivity index (χ3n) is 1.22. The summed E-state index contributed by atoms with van der Waals surface area (Å²) >= 11 is 0. The Balaban J connectivity index is 0.000000223. The highest BCUT2D eigenvalue weighted by Gasteiger charge is 1.98. The molecule has 1 fully saturated rings. The molecule has 1 heterocycles. The van der Waals surface area contributed by atoms with Crippen LogP contribution in [0.1, 0.15) is 6.92 Å². The van der Waals surface area contributed by atoms with Gasteiger partial charge in [0.25, 0.3) is 0 Å². The number of hydrogen-bond acceptors (Lipinski definition) is 5. The van der Waals surface area contributed by atoms with Crippen molar-refractivity contribution in [1.29, 1.82) is 0 Å². The van der Waals surface area contributed by atoms with Gasteiger partial charge in [-0.05, 0) is 6.92 Å². The Hall–Kier alpha value is -0.210. The predicted octanol–water partition coefficient (Wildman–Crippen LogP) is -0.995. The lowest BCUT2D eigenvalue weighted by Crippen LogP contribution is -2.39. The van der Waals surface area contributed by atoms with Crippen molar-refractivity contribution in [3.05, 3.63) is 0 Å².